The third-order valence-corrected chi connectivity index (χ3v) is 2.50. The van der Waals surface area contributed by atoms with E-state index in [0.29, 0.717) is 5.75 Å². The normalized spacial score (nSPS) is 14.5. The van der Waals surface area contributed by atoms with Crippen molar-refractivity contribution < 1.29 is 19.0 Å². The van der Waals surface area contributed by atoms with Crippen molar-refractivity contribution in [3.8, 4) is 5.75 Å². The maximum Gasteiger partial charge on any atom is 0.336 e. The molecule has 0 amide bonds. The zero-order valence-electron chi connectivity index (χ0n) is 7.46. The Morgan fingerprint density at radius 2 is 2.27 bits per heavy atom. The van der Waals surface area contributed by atoms with Gasteiger partial charge in [0.05, 0.1) is 10.6 Å². The molecule has 1 aromatic rings. The van der Waals surface area contributed by atoms with E-state index in [9.17, 15) is 9.18 Å². The quantitative estimate of drug-likeness (QED) is 0.802. The van der Waals surface area contributed by atoms with E-state index in [1.165, 1.54) is 12.1 Å². The zero-order valence-corrected chi connectivity index (χ0v) is 8.21. The predicted octanol–water partition coefficient (Wildman–Crippen LogP) is 2.25. The number of hydrogen-bond donors (Lipinski definition) is 1. The largest absolute Gasteiger partial charge is 0.488 e. The number of halogens is 2. The second kappa shape index (κ2) is 3.55. The fourth-order valence-electron chi connectivity index (χ4n) is 1.33. The van der Waals surface area contributed by atoms with E-state index in [1.807, 2.05) is 0 Å². The lowest BCUT2D eigenvalue weighted by Gasteiger charge is -2.18. The third kappa shape index (κ3) is 1.68. The second-order valence-corrected chi connectivity index (χ2v) is 3.40. The molecular formula is C10H6ClFO3. The average molecular weight is 229 g/mol. The highest BCUT2D eigenvalue weighted by molar-refractivity contribution is 6.51. The predicted molar refractivity (Wildman–Crippen MR) is 52.3 cm³/mol. The molecule has 0 fully saturated rings. The molecule has 1 aliphatic rings. The fraction of sp³-hybridized carbons (Fsp3) is 0.100. The van der Waals surface area contributed by atoms with E-state index in [0.717, 1.165) is 6.07 Å². The molecule has 0 bridgehead atoms. The van der Waals surface area contributed by atoms with Crippen LogP contribution in [-0.2, 0) is 4.79 Å². The van der Waals surface area contributed by atoms with Crippen LogP contribution in [0.1, 0.15) is 5.56 Å². The summed E-state index contributed by atoms with van der Waals surface area (Å²) in [6.07, 6.45) is 0. The van der Waals surface area contributed by atoms with Crippen molar-refractivity contribution in [3.63, 3.8) is 0 Å². The first-order valence-corrected chi connectivity index (χ1v) is 4.52. The monoisotopic (exact) mass is 228 g/mol. The molecule has 0 radical (unpaired) electrons. The molecule has 0 saturated carbocycles. The molecule has 5 heteroatoms. The van der Waals surface area contributed by atoms with Gasteiger partial charge >= 0.3 is 5.97 Å². The fourth-order valence-corrected chi connectivity index (χ4v) is 1.61. The molecule has 15 heavy (non-hydrogen) atoms. The van der Waals surface area contributed by atoms with Gasteiger partial charge in [0, 0.05) is 5.56 Å². The maximum absolute atomic E-state index is 12.9. The Labute approximate surface area is 89.7 Å². The highest BCUT2D eigenvalue weighted by Crippen LogP contribution is 2.35. The van der Waals surface area contributed by atoms with E-state index in [2.05, 4.69) is 0 Å². The molecule has 0 aromatic heterocycles. The first-order chi connectivity index (χ1) is 7.09. The van der Waals surface area contributed by atoms with E-state index in [4.69, 9.17) is 21.4 Å². The summed E-state index contributed by atoms with van der Waals surface area (Å²) in [6.45, 7) is -0.104. The molecule has 1 aliphatic heterocycles. The molecule has 0 saturated heterocycles. The van der Waals surface area contributed by atoms with Gasteiger partial charge in [0.15, 0.2) is 0 Å². The summed E-state index contributed by atoms with van der Waals surface area (Å²) in [5.74, 6) is -1.25. The van der Waals surface area contributed by atoms with Crippen molar-refractivity contribution in [2.75, 3.05) is 6.61 Å². The first kappa shape index (κ1) is 9.98. The van der Waals surface area contributed by atoms with Crippen LogP contribution in [0.4, 0.5) is 4.39 Å². The Morgan fingerprint density at radius 3 is 2.93 bits per heavy atom. The van der Waals surface area contributed by atoms with Gasteiger partial charge in [0.2, 0.25) is 0 Å². The Hall–Kier alpha value is -1.55. The molecular weight excluding hydrogens is 223 g/mol. The zero-order chi connectivity index (χ0) is 11.0. The highest BCUT2D eigenvalue weighted by Gasteiger charge is 2.23. The van der Waals surface area contributed by atoms with Crippen LogP contribution < -0.4 is 4.74 Å². The van der Waals surface area contributed by atoms with Crippen molar-refractivity contribution in [2.24, 2.45) is 0 Å². The average Bonchev–Trinajstić information content (AvgIpc) is 2.19. The van der Waals surface area contributed by atoms with E-state index in [1.54, 1.807) is 0 Å². The van der Waals surface area contributed by atoms with Crippen LogP contribution in [0, 0.1) is 5.82 Å². The first-order valence-electron chi connectivity index (χ1n) is 4.14. The standard InChI is InChI=1S/C10H6ClFO3/c11-9-6-3-5(12)1-2-8(6)15-4-7(9)10(13)14/h1-3H,4H2,(H,13,14). The number of hydrogen-bond acceptors (Lipinski definition) is 2. The summed E-state index contributed by atoms with van der Waals surface area (Å²) >= 11 is 5.83. The van der Waals surface area contributed by atoms with Crippen molar-refractivity contribution in [1.82, 2.24) is 0 Å². The topological polar surface area (TPSA) is 46.5 Å². The SMILES string of the molecule is O=C(O)C1=C(Cl)c2cc(F)ccc2OC1. The van der Waals surface area contributed by atoms with E-state index in [-0.39, 0.29) is 22.8 Å². The minimum absolute atomic E-state index is 0.0308. The van der Waals surface area contributed by atoms with Crippen molar-refractivity contribution in [1.29, 1.82) is 0 Å². The van der Waals surface area contributed by atoms with Crippen LogP contribution in [0.5, 0.6) is 5.75 Å². The minimum atomic E-state index is -1.16. The van der Waals surface area contributed by atoms with Gasteiger partial charge < -0.3 is 9.84 Å². The van der Waals surface area contributed by atoms with Crippen molar-refractivity contribution in [2.45, 2.75) is 0 Å². The van der Waals surface area contributed by atoms with Crippen LogP contribution in [0.25, 0.3) is 5.03 Å². The van der Waals surface area contributed by atoms with Crippen molar-refractivity contribution in [3.05, 3.63) is 35.2 Å². The van der Waals surface area contributed by atoms with Crippen LogP contribution in [-0.4, -0.2) is 17.7 Å². The van der Waals surface area contributed by atoms with Gasteiger partial charge in [-0.15, -0.1) is 0 Å². The van der Waals surface area contributed by atoms with Crippen LogP contribution in [0.3, 0.4) is 0 Å². The summed E-state index contributed by atoms with van der Waals surface area (Å²) in [6, 6.07) is 3.81. The lowest BCUT2D eigenvalue weighted by Crippen LogP contribution is -2.16. The van der Waals surface area contributed by atoms with Gasteiger partial charge in [-0.1, -0.05) is 11.6 Å². The van der Waals surface area contributed by atoms with Crippen LogP contribution >= 0.6 is 11.6 Å². The Morgan fingerprint density at radius 1 is 1.53 bits per heavy atom. The molecule has 0 spiro atoms. The van der Waals surface area contributed by atoms with Gasteiger partial charge in [0.1, 0.15) is 18.2 Å². The number of ether oxygens (including phenoxy) is 1. The maximum atomic E-state index is 12.9. The van der Waals surface area contributed by atoms with Gasteiger partial charge in [-0.2, -0.15) is 0 Å². The number of carbonyl (C=O) groups is 1. The summed E-state index contributed by atoms with van der Waals surface area (Å²) in [5, 5.41) is 8.82. The Kier molecular flexibility index (Phi) is 2.36. The highest BCUT2D eigenvalue weighted by atomic mass is 35.5. The van der Waals surface area contributed by atoms with Crippen molar-refractivity contribution >= 4 is 22.6 Å². The molecule has 78 valence electrons. The summed E-state index contributed by atoms with van der Waals surface area (Å²) in [5.41, 5.74) is 0.218. The van der Waals surface area contributed by atoms with Crippen LogP contribution in [0.2, 0.25) is 0 Å². The summed E-state index contributed by atoms with van der Waals surface area (Å²) in [4.78, 5) is 10.7. The van der Waals surface area contributed by atoms with Gasteiger partial charge in [0.25, 0.3) is 0 Å². The van der Waals surface area contributed by atoms with E-state index >= 15 is 0 Å². The van der Waals surface area contributed by atoms with E-state index < -0.39 is 11.8 Å². The summed E-state index contributed by atoms with van der Waals surface area (Å²) < 4.78 is 18.0. The summed E-state index contributed by atoms with van der Waals surface area (Å²) in [7, 11) is 0. The van der Waals surface area contributed by atoms with Gasteiger partial charge in [-0.25, -0.2) is 9.18 Å². The molecule has 0 atom stereocenters. The Balaban J connectivity index is 2.59. The number of carboxylic acid groups (broad SMARTS) is 1. The smallest absolute Gasteiger partial charge is 0.336 e. The number of benzene rings is 1. The molecule has 1 aromatic carbocycles. The molecule has 2 rings (SSSR count). The number of fused-ring (bicyclic) bond motifs is 1. The number of rotatable bonds is 1. The molecule has 0 aliphatic carbocycles. The van der Waals surface area contributed by atoms with Gasteiger partial charge in [-0.05, 0) is 18.2 Å². The van der Waals surface area contributed by atoms with Crippen LogP contribution in [0.15, 0.2) is 23.8 Å². The lowest BCUT2D eigenvalue weighted by atomic mass is 10.1. The number of aliphatic carboxylic acids is 1. The third-order valence-electron chi connectivity index (χ3n) is 2.07. The van der Waals surface area contributed by atoms with Gasteiger partial charge in [-0.3, -0.25) is 0 Å². The molecule has 1 heterocycles. The second-order valence-electron chi connectivity index (χ2n) is 3.03. The molecule has 3 nitrogen and oxygen atoms in total. The Bertz CT molecular complexity index is 468. The lowest BCUT2D eigenvalue weighted by molar-refractivity contribution is -0.133. The number of carboxylic acids is 1. The molecule has 1 N–H and O–H groups in total. The molecule has 0 unspecified atom stereocenters. The minimum Gasteiger partial charge on any atom is -0.488 e.